The van der Waals surface area contributed by atoms with E-state index in [2.05, 4.69) is 10.0 Å². The van der Waals surface area contributed by atoms with Crippen LogP contribution in [0.1, 0.15) is 10.4 Å². The van der Waals surface area contributed by atoms with Gasteiger partial charge in [-0.15, -0.1) is 0 Å². The zero-order chi connectivity index (χ0) is 21.0. The smallest absolute Gasteiger partial charge is 0.261 e. The van der Waals surface area contributed by atoms with Gasteiger partial charge in [0.15, 0.2) is 0 Å². The molecule has 6 nitrogen and oxygen atoms in total. The van der Waals surface area contributed by atoms with Crippen molar-refractivity contribution in [1.82, 2.24) is 0 Å². The van der Waals surface area contributed by atoms with Gasteiger partial charge in [0.25, 0.3) is 15.9 Å². The molecule has 9 heteroatoms. The number of sulfonamides is 1. The van der Waals surface area contributed by atoms with Crippen molar-refractivity contribution in [3.05, 3.63) is 82.3 Å². The molecule has 0 atom stereocenters. The predicted octanol–water partition coefficient (Wildman–Crippen LogP) is 5.06. The van der Waals surface area contributed by atoms with Crippen LogP contribution in [0.25, 0.3) is 0 Å². The van der Waals surface area contributed by atoms with E-state index in [1.54, 1.807) is 30.3 Å². The largest absolute Gasteiger partial charge is 0.495 e. The average molecular weight is 451 g/mol. The lowest BCUT2D eigenvalue weighted by molar-refractivity contribution is 0.102. The Balaban J connectivity index is 1.91. The Morgan fingerprint density at radius 3 is 2.21 bits per heavy atom. The standard InChI is InChI=1S/C20H16Cl2N2O4S/c1-28-19-8-7-17(12-18(19)23-20(25)13-5-3-2-4-6-13)29(26,27)24-16-10-14(21)9-15(22)11-16/h2-12,24H,1H3,(H,23,25). The molecular weight excluding hydrogens is 435 g/mol. The van der Waals surface area contributed by atoms with E-state index < -0.39 is 15.9 Å². The molecule has 3 rings (SSSR count). The number of benzene rings is 3. The summed E-state index contributed by atoms with van der Waals surface area (Å²) in [7, 11) is -2.54. The van der Waals surface area contributed by atoms with E-state index in [0.29, 0.717) is 21.4 Å². The molecule has 0 aliphatic rings. The minimum absolute atomic E-state index is 0.0715. The van der Waals surface area contributed by atoms with Gasteiger partial charge in [0.1, 0.15) is 5.75 Å². The number of hydrogen-bond acceptors (Lipinski definition) is 4. The molecule has 0 aromatic heterocycles. The number of carbonyl (C=O) groups excluding carboxylic acids is 1. The molecule has 0 aliphatic carbocycles. The van der Waals surface area contributed by atoms with Crippen LogP contribution in [0.5, 0.6) is 5.75 Å². The fourth-order valence-electron chi connectivity index (χ4n) is 2.56. The third-order valence-electron chi connectivity index (χ3n) is 3.88. The second kappa shape index (κ2) is 8.73. The highest BCUT2D eigenvalue weighted by Gasteiger charge is 2.19. The van der Waals surface area contributed by atoms with Crippen LogP contribution in [-0.2, 0) is 10.0 Å². The minimum atomic E-state index is -3.97. The van der Waals surface area contributed by atoms with Gasteiger partial charge in [-0.3, -0.25) is 9.52 Å². The van der Waals surface area contributed by atoms with Crippen LogP contribution in [-0.4, -0.2) is 21.4 Å². The van der Waals surface area contributed by atoms with Crippen molar-refractivity contribution in [3.63, 3.8) is 0 Å². The Kier molecular flexibility index (Phi) is 6.32. The van der Waals surface area contributed by atoms with Crippen molar-refractivity contribution in [2.45, 2.75) is 4.90 Å². The van der Waals surface area contributed by atoms with E-state index in [1.165, 1.54) is 43.5 Å². The molecule has 0 radical (unpaired) electrons. The van der Waals surface area contributed by atoms with Crippen LogP contribution < -0.4 is 14.8 Å². The molecule has 0 bridgehead atoms. The van der Waals surface area contributed by atoms with Gasteiger partial charge in [0.05, 0.1) is 23.4 Å². The molecule has 0 unspecified atom stereocenters. The Labute approximate surface area is 178 Å². The second-order valence-electron chi connectivity index (χ2n) is 5.95. The summed E-state index contributed by atoms with van der Waals surface area (Å²) in [4.78, 5) is 12.4. The van der Waals surface area contributed by atoms with E-state index in [1.807, 2.05) is 0 Å². The molecule has 150 valence electrons. The number of nitrogens with one attached hydrogen (secondary N) is 2. The highest BCUT2D eigenvalue weighted by atomic mass is 35.5. The summed E-state index contributed by atoms with van der Waals surface area (Å²) in [6.45, 7) is 0. The Morgan fingerprint density at radius 2 is 1.59 bits per heavy atom. The molecule has 0 saturated heterocycles. The summed E-state index contributed by atoms with van der Waals surface area (Å²) in [5, 5.41) is 3.26. The second-order valence-corrected chi connectivity index (χ2v) is 8.50. The maximum absolute atomic E-state index is 12.8. The maximum Gasteiger partial charge on any atom is 0.261 e. The topological polar surface area (TPSA) is 84.5 Å². The molecular formula is C20H16Cl2N2O4S. The third kappa shape index (κ3) is 5.20. The molecule has 0 saturated carbocycles. The number of rotatable bonds is 6. The van der Waals surface area contributed by atoms with Gasteiger partial charge in [-0.1, -0.05) is 41.4 Å². The fraction of sp³-hybridized carbons (Fsp3) is 0.0500. The molecule has 2 N–H and O–H groups in total. The highest BCUT2D eigenvalue weighted by Crippen LogP contribution is 2.30. The third-order valence-corrected chi connectivity index (χ3v) is 5.70. The van der Waals surface area contributed by atoms with Crippen LogP contribution >= 0.6 is 23.2 Å². The summed E-state index contributed by atoms with van der Waals surface area (Å²) in [5.41, 5.74) is 0.857. The monoisotopic (exact) mass is 450 g/mol. The summed E-state index contributed by atoms with van der Waals surface area (Å²) < 4.78 is 33.2. The van der Waals surface area contributed by atoms with Crippen LogP contribution in [0.3, 0.4) is 0 Å². The Hall–Kier alpha value is -2.74. The first kappa shape index (κ1) is 21.0. The summed E-state index contributed by atoms with van der Waals surface area (Å²) >= 11 is 11.8. The first-order valence-electron chi connectivity index (χ1n) is 8.32. The van der Waals surface area contributed by atoms with Gasteiger partial charge < -0.3 is 10.1 Å². The van der Waals surface area contributed by atoms with E-state index >= 15 is 0 Å². The molecule has 0 heterocycles. The molecule has 1 amide bonds. The maximum atomic E-state index is 12.8. The summed E-state index contributed by atoms with van der Waals surface area (Å²) in [6.07, 6.45) is 0. The van der Waals surface area contributed by atoms with Gasteiger partial charge >= 0.3 is 0 Å². The van der Waals surface area contributed by atoms with Crippen molar-refractivity contribution >= 4 is 50.5 Å². The minimum Gasteiger partial charge on any atom is -0.495 e. The van der Waals surface area contributed by atoms with Gasteiger partial charge in [0.2, 0.25) is 0 Å². The lowest BCUT2D eigenvalue weighted by Gasteiger charge is -2.14. The van der Waals surface area contributed by atoms with Crippen LogP contribution in [0.15, 0.2) is 71.6 Å². The van der Waals surface area contributed by atoms with E-state index in [9.17, 15) is 13.2 Å². The number of hydrogen-bond donors (Lipinski definition) is 2. The van der Waals surface area contributed by atoms with Crippen LogP contribution in [0, 0.1) is 0 Å². The average Bonchev–Trinajstić information content (AvgIpc) is 2.67. The summed E-state index contributed by atoms with van der Waals surface area (Å²) in [5.74, 6) is -0.0768. The molecule has 0 fully saturated rings. The number of methoxy groups -OCH3 is 1. The molecule has 29 heavy (non-hydrogen) atoms. The van der Waals surface area contributed by atoms with Crippen molar-refractivity contribution in [1.29, 1.82) is 0 Å². The van der Waals surface area contributed by atoms with Gasteiger partial charge in [-0.25, -0.2) is 8.42 Å². The lowest BCUT2D eigenvalue weighted by atomic mass is 10.2. The first-order valence-corrected chi connectivity index (χ1v) is 10.6. The van der Waals surface area contributed by atoms with Crippen molar-refractivity contribution in [3.8, 4) is 5.75 Å². The Morgan fingerprint density at radius 1 is 0.931 bits per heavy atom. The first-order chi connectivity index (χ1) is 13.8. The lowest BCUT2D eigenvalue weighted by Crippen LogP contribution is -2.15. The van der Waals surface area contributed by atoms with E-state index in [4.69, 9.17) is 27.9 Å². The molecule has 3 aromatic rings. The zero-order valence-electron chi connectivity index (χ0n) is 15.1. The van der Waals surface area contributed by atoms with Crippen molar-refractivity contribution in [2.24, 2.45) is 0 Å². The fourth-order valence-corrected chi connectivity index (χ4v) is 4.16. The number of ether oxygens (including phenoxy) is 1. The number of amides is 1. The number of halogens is 2. The van der Waals surface area contributed by atoms with Crippen LogP contribution in [0.4, 0.5) is 11.4 Å². The summed E-state index contributed by atoms with van der Waals surface area (Å²) in [6, 6.07) is 17.0. The van der Waals surface area contributed by atoms with Crippen molar-refractivity contribution in [2.75, 3.05) is 17.1 Å². The van der Waals surface area contributed by atoms with Crippen LogP contribution in [0.2, 0.25) is 10.0 Å². The van der Waals surface area contributed by atoms with Crippen molar-refractivity contribution < 1.29 is 17.9 Å². The van der Waals surface area contributed by atoms with Gasteiger partial charge in [0, 0.05) is 15.6 Å². The van der Waals surface area contributed by atoms with Gasteiger partial charge in [-0.05, 0) is 48.5 Å². The highest BCUT2D eigenvalue weighted by molar-refractivity contribution is 7.92. The Bertz CT molecular complexity index is 1130. The van der Waals surface area contributed by atoms with Gasteiger partial charge in [-0.2, -0.15) is 0 Å². The SMILES string of the molecule is COc1ccc(S(=O)(=O)Nc2cc(Cl)cc(Cl)c2)cc1NC(=O)c1ccccc1. The van der Waals surface area contributed by atoms with E-state index in [0.717, 1.165) is 0 Å². The molecule has 0 aliphatic heterocycles. The molecule has 0 spiro atoms. The zero-order valence-corrected chi connectivity index (χ0v) is 17.5. The van der Waals surface area contributed by atoms with E-state index in [-0.39, 0.29) is 16.3 Å². The molecule has 3 aromatic carbocycles. The predicted molar refractivity (Wildman–Crippen MR) is 115 cm³/mol. The normalized spacial score (nSPS) is 11.0. The quantitative estimate of drug-likeness (QED) is 0.549. The number of anilines is 2. The number of carbonyl (C=O) groups is 1.